The largest absolute Gasteiger partial charge is 0.383 e. The lowest BCUT2D eigenvalue weighted by atomic mass is 10.0. The number of nitrogens with two attached hydrogens (primary N) is 1. The number of allylic oxidation sites excluding steroid dienone is 1. The third kappa shape index (κ3) is 9.75. The van der Waals surface area contributed by atoms with Crippen molar-refractivity contribution in [3.63, 3.8) is 0 Å². The molecule has 0 bridgehead atoms. The molecular weight excluding hydrogens is 218 g/mol. The van der Waals surface area contributed by atoms with Gasteiger partial charge in [-0.05, 0) is 25.7 Å². The number of hydrogen-bond acceptors (Lipinski definition) is 3. The number of ketones is 1. The lowest BCUT2D eigenvalue weighted by Crippen LogP contribution is -2.28. The SMILES string of the molecule is C=CCCCCCCC(=O)CCC(O)C(N)=O. The Kier molecular flexibility index (Phi) is 9.34. The number of Topliss-reactive ketones (excluding diaryl/α,β-unsaturated/α-hetero) is 1. The number of aliphatic hydroxyl groups excluding tert-OH is 1. The zero-order valence-corrected chi connectivity index (χ0v) is 10.4. The van der Waals surface area contributed by atoms with Crippen LogP contribution in [0.5, 0.6) is 0 Å². The van der Waals surface area contributed by atoms with Crippen LogP contribution in [0.4, 0.5) is 0 Å². The molecule has 0 rings (SSSR count). The number of rotatable bonds is 11. The normalized spacial score (nSPS) is 12.1. The molecule has 0 aliphatic heterocycles. The minimum absolute atomic E-state index is 0.0917. The van der Waals surface area contributed by atoms with E-state index in [2.05, 4.69) is 6.58 Å². The van der Waals surface area contributed by atoms with Crippen LogP contribution in [0.15, 0.2) is 12.7 Å². The van der Waals surface area contributed by atoms with Crippen molar-refractivity contribution >= 4 is 11.7 Å². The van der Waals surface area contributed by atoms with E-state index in [4.69, 9.17) is 10.8 Å². The maximum absolute atomic E-state index is 11.4. The summed E-state index contributed by atoms with van der Waals surface area (Å²) in [4.78, 5) is 21.9. The molecule has 0 saturated carbocycles. The number of carbonyl (C=O) groups is 2. The van der Waals surface area contributed by atoms with Gasteiger partial charge < -0.3 is 10.8 Å². The average Bonchev–Trinajstić information content (AvgIpc) is 2.30. The van der Waals surface area contributed by atoms with E-state index in [-0.39, 0.29) is 18.6 Å². The van der Waals surface area contributed by atoms with Crippen LogP contribution in [0.3, 0.4) is 0 Å². The van der Waals surface area contributed by atoms with Gasteiger partial charge in [-0.1, -0.05) is 18.9 Å². The first-order valence-electron chi connectivity index (χ1n) is 6.18. The van der Waals surface area contributed by atoms with Crippen molar-refractivity contribution < 1.29 is 14.7 Å². The Balaban J connectivity index is 3.40. The molecule has 1 atom stereocenters. The highest BCUT2D eigenvalue weighted by Crippen LogP contribution is 2.08. The van der Waals surface area contributed by atoms with Crippen molar-refractivity contribution in [3.05, 3.63) is 12.7 Å². The van der Waals surface area contributed by atoms with Crippen molar-refractivity contribution in [2.45, 2.75) is 57.5 Å². The molecule has 4 heteroatoms. The van der Waals surface area contributed by atoms with Gasteiger partial charge >= 0.3 is 0 Å². The van der Waals surface area contributed by atoms with Gasteiger partial charge in [0.05, 0.1) is 0 Å². The molecule has 0 aromatic heterocycles. The van der Waals surface area contributed by atoms with Gasteiger partial charge in [-0.25, -0.2) is 0 Å². The lowest BCUT2D eigenvalue weighted by Gasteiger charge is -2.05. The van der Waals surface area contributed by atoms with Crippen molar-refractivity contribution in [1.29, 1.82) is 0 Å². The molecule has 0 saturated heterocycles. The van der Waals surface area contributed by atoms with Crippen LogP contribution in [0.1, 0.15) is 51.4 Å². The molecule has 98 valence electrons. The molecule has 4 nitrogen and oxygen atoms in total. The summed E-state index contributed by atoms with van der Waals surface area (Å²) in [6.45, 7) is 3.65. The lowest BCUT2D eigenvalue weighted by molar-refractivity contribution is -0.127. The molecule has 3 N–H and O–H groups in total. The van der Waals surface area contributed by atoms with Crippen LogP contribution in [0.2, 0.25) is 0 Å². The topological polar surface area (TPSA) is 80.4 Å². The van der Waals surface area contributed by atoms with E-state index in [1.807, 2.05) is 6.08 Å². The van der Waals surface area contributed by atoms with Gasteiger partial charge in [0.2, 0.25) is 5.91 Å². The summed E-state index contributed by atoms with van der Waals surface area (Å²) in [5.74, 6) is -0.670. The number of carbonyl (C=O) groups excluding carboxylic acids is 2. The molecule has 1 amide bonds. The summed E-state index contributed by atoms with van der Waals surface area (Å²) in [5, 5.41) is 9.11. The number of unbranched alkanes of at least 4 members (excludes halogenated alkanes) is 4. The van der Waals surface area contributed by atoms with Crippen LogP contribution in [-0.4, -0.2) is 22.9 Å². The third-order valence-corrected chi connectivity index (χ3v) is 2.64. The summed E-state index contributed by atoms with van der Waals surface area (Å²) in [5.41, 5.74) is 4.88. The van der Waals surface area contributed by atoms with E-state index in [0.29, 0.717) is 6.42 Å². The van der Waals surface area contributed by atoms with Crippen LogP contribution in [0, 0.1) is 0 Å². The molecule has 1 unspecified atom stereocenters. The van der Waals surface area contributed by atoms with E-state index in [1.165, 1.54) is 0 Å². The highest BCUT2D eigenvalue weighted by Gasteiger charge is 2.12. The van der Waals surface area contributed by atoms with Crippen molar-refractivity contribution in [1.82, 2.24) is 0 Å². The van der Waals surface area contributed by atoms with Gasteiger partial charge in [-0.15, -0.1) is 6.58 Å². The number of primary amides is 1. The van der Waals surface area contributed by atoms with Crippen LogP contribution >= 0.6 is 0 Å². The zero-order valence-electron chi connectivity index (χ0n) is 10.4. The molecule has 0 radical (unpaired) electrons. The molecule has 17 heavy (non-hydrogen) atoms. The first-order chi connectivity index (χ1) is 8.07. The van der Waals surface area contributed by atoms with Gasteiger partial charge in [0.15, 0.2) is 0 Å². The highest BCUT2D eigenvalue weighted by molar-refractivity contribution is 5.81. The fraction of sp³-hybridized carbons (Fsp3) is 0.692. The predicted molar refractivity (Wildman–Crippen MR) is 67.3 cm³/mol. The Morgan fingerprint density at radius 3 is 2.41 bits per heavy atom. The van der Waals surface area contributed by atoms with Crippen molar-refractivity contribution in [2.24, 2.45) is 5.73 Å². The molecule has 0 spiro atoms. The van der Waals surface area contributed by atoms with Crippen LogP contribution in [0.25, 0.3) is 0 Å². The molecule has 0 aliphatic rings. The fourth-order valence-electron chi connectivity index (χ4n) is 1.53. The monoisotopic (exact) mass is 241 g/mol. The van der Waals surface area contributed by atoms with Crippen LogP contribution in [-0.2, 0) is 9.59 Å². The number of hydrogen-bond donors (Lipinski definition) is 2. The van der Waals surface area contributed by atoms with Crippen molar-refractivity contribution in [3.8, 4) is 0 Å². The second kappa shape index (κ2) is 10.0. The minimum Gasteiger partial charge on any atom is -0.383 e. The van der Waals surface area contributed by atoms with Gasteiger partial charge in [0, 0.05) is 12.8 Å². The fourth-order valence-corrected chi connectivity index (χ4v) is 1.53. The van der Waals surface area contributed by atoms with E-state index < -0.39 is 12.0 Å². The first kappa shape index (κ1) is 15.8. The Morgan fingerprint density at radius 1 is 1.18 bits per heavy atom. The minimum atomic E-state index is -1.19. The molecule has 0 aromatic carbocycles. The van der Waals surface area contributed by atoms with Gasteiger partial charge in [0.1, 0.15) is 11.9 Å². The number of aliphatic hydroxyl groups is 1. The molecule has 0 heterocycles. The molecule has 0 aromatic rings. The van der Waals surface area contributed by atoms with Crippen LogP contribution < -0.4 is 5.73 Å². The van der Waals surface area contributed by atoms with Gasteiger partial charge in [-0.3, -0.25) is 9.59 Å². The molecule has 0 fully saturated rings. The summed E-state index contributed by atoms with van der Waals surface area (Å²) in [6, 6.07) is 0. The summed E-state index contributed by atoms with van der Waals surface area (Å²) in [6.07, 6.45) is 6.80. The highest BCUT2D eigenvalue weighted by atomic mass is 16.3. The van der Waals surface area contributed by atoms with Gasteiger partial charge in [-0.2, -0.15) is 0 Å². The quantitative estimate of drug-likeness (QED) is 0.427. The Hall–Kier alpha value is -1.16. The van der Waals surface area contributed by atoms with E-state index in [9.17, 15) is 9.59 Å². The summed E-state index contributed by atoms with van der Waals surface area (Å²) < 4.78 is 0. The van der Waals surface area contributed by atoms with E-state index in [1.54, 1.807) is 0 Å². The maximum atomic E-state index is 11.4. The second-order valence-electron chi connectivity index (χ2n) is 4.24. The third-order valence-electron chi connectivity index (χ3n) is 2.64. The maximum Gasteiger partial charge on any atom is 0.246 e. The smallest absolute Gasteiger partial charge is 0.246 e. The second-order valence-corrected chi connectivity index (χ2v) is 4.24. The average molecular weight is 241 g/mol. The Bertz CT molecular complexity index is 251. The first-order valence-corrected chi connectivity index (χ1v) is 6.18. The molecular formula is C13H23NO3. The zero-order chi connectivity index (χ0) is 13.1. The standard InChI is InChI=1S/C13H23NO3/c1-2-3-4-5-6-7-8-11(15)9-10-12(16)13(14)17/h2,12,16H,1,3-10H2,(H2,14,17). The number of amides is 1. The van der Waals surface area contributed by atoms with Crippen molar-refractivity contribution in [2.75, 3.05) is 0 Å². The summed E-state index contributed by atoms with van der Waals surface area (Å²) >= 11 is 0. The predicted octanol–water partition coefficient (Wildman–Crippen LogP) is 1.71. The Labute approximate surface area is 103 Å². The molecule has 0 aliphatic carbocycles. The summed E-state index contributed by atoms with van der Waals surface area (Å²) in [7, 11) is 0. The Morgan fingerprint density at radius 2 is 1.82 bits per heavy atom. The van der Waals surface area contributed by atoms with E-state index in [0.717, 1.165) is 32.1 Å². The van der Waals surface area contributed by atoms with Gasteiger partial charge in [0.25, 0.3) is 0 Å². The van der Waals surface area contributed by atoms with E-state index >= 15 is 0 Å².